The number of aromatic nitrogens is 1. The fraction of sp³-hybridized carbons (Fsp3) is 0.143. The summed E-state index contributed by atoms with van der Waals surface area (Å²) in [5.41, 5.74) is 0.904. The van der Waals surface area contributed by atoms with Gasteiger partial charge < -0.3 is 14.9 Å². The molecule has 2 aromatic rings. The van der Waals surface area contributed by atoms with Crippen LogP contribution in [0, 0.1) is 6.57 Å². The first-order valence-corrected chi connectivity index (χ1v) is 6.43. The van der Waals surface area contributed by atoms with Gasteiger partial charge in [-0.15, -0.1) is 0 Å². The third kappa shape index (κ3) is 2.35. The summed E-state index contributed by atoms with van der Waals surface area (Å²) in [6.07, 6.45) is 2.69. The number of benzene rings is 1. The SMILES string of the molecule is [C-]#[N+]c1ccc(O)c(C(=O)NC2=NCCN2)c1-c1cnoc1. The highest BCUT2D eigenvalue weighted by atomic mass is 16.5. The van der Waals surface area contributed by atoms with Gasteiger partial charge in [-0.25, -0.2) is 4.85 Å². The van der Waals surface area contributed by atoms with Crippen LogP contribution in [-0.4, -0.2) is 35.2 Å². The van der Waals surface area contributed by atoms with Crippen molar-refractivity contribution in [1.29, 1.82) is 0 Å². The fourth-order valence-corrected chi connectivity index (χ4v) is 2.18. The number of carbonyl (C=O) groups is 1. The Balaban J connectivity index is 2.09. The van der Waals surface area contributed by atoms with E-state index < -0.39 is 5.91 Å². The lowest BCUT2D eigenvalue weighted by atomic mass is 9.98. The number of hydrogen-bond donors (Lipinski definition) is 3. The Kier molecular flexibility index (Phi) is 3.45. The van der Waals surface area contributed by atoms with Crippen molar-refractivity contribution in [2.45, 2.75) is 0 Å². The summed E-state index contributed by atoms with van der Waals surface area (Å²) in [7, 11) is 0. The van der Waals surface area contributed by atoms with Gasteiger partial charge in [-0.05, 0) is 6.07 Å². The number of phenolic OH excluding ortho intramolecular Hbond substituents is 1. The summed E-state index contributed by atoms with van der Waals surface area (Å²) >= 11 is 0. The number of aliphatic imine (C=N–C) groups is 1. The topological polar surface area (TPSA) is 104 Å². The summed E-state index contributed by atoms with van der Waals surface area (Å²) in [4.78, 5) is 19.9. The lowest BCUT2D eigenvalue weighted by Crippen LogP contribution is -2.38. The highest BCUT2D eigenvalue weighted by Gasteiger charge is 2.23. The second-order valence-corrected chi connectivity index (χ2v) is 4.49. The molecule has 3 N–H and O–H groups in total. The van der Waals surface area contributed by atoms with Gasteiger partial charge in [-0.3, -0.25) is 15.1 Å². The molecule has 0 fully saturated rings. The molecule has 0 radical (unpaired) electrons. The summed E-state index contributed by atoms with van der Waals surface area (Å²) in [5.74, 6) is -0.457. The summed E-state index contributed by atoms with van der Waals surface area (Å²) in [5, 5.41) is 19.1. The molecule has 0 bridgehead atoms. The minimum absolute atomic E-state index is 0.0203. The van der Waals surface area contributed by atoms with E-state index in [1.54, 1.807) is 0 Å². The Morgan fingerprint density at radius 1 is 1.50 bits per heavy atom. The van der Waals surface area contributed by atoms with Crippen molar-refractivity contribution in [3.05, 3.63) is 41.6 Å². The number of guanidine groups is 1. The standard InChI is InChI=1S/C14H11N5O3/c1-15-9-2-3-10(20)12(11(9)8-6-18-22-7-8)13(21)19-14-16-4-5-17-14/h2-3,6-7,20H,4-5H2,(H2,16,17,19,21). The number of aromatic hydroxyl groups is 1. The van der Waals surface area contributed by atoms with Crippen molar-refractivity contribution in [3.63, 3.8) is 0 Å². The van der Waals surface area contributed by atoms with E-state index in [1.807, 2.05) is 0 Å². The van der Waals surface area contributed by atoms with Crippen molar-refractivity contribution in [2.24, 2.45) is 4.99 Å². The molecule has 2 heterocycles. The monoisotopic (exact) mass is 297 g/mol. The van der Waals surface area contributed by atoms with Gasteiger partial charge in [0.1, 0.15) is 12.0 Å². The zero-order valence-corrected chi connectivity index (χ0v) is 11.3. The van der Waals surface area contributed by atoms with Gasteiger partial charge in [0, 0.05) is 17.7 Å². The summed E-state index contributed by atoms with van der Waals surface area (Å²) in [6.45, 7) is 8.46. The molecule has 0 atom stereocenters. The average molecular weight is 297 g/mol. The van der Waals surface area contributed by atoms with Gasteiger partial charge in [0.2, 0.25) is 0 Å². The Morgan fingerprint density at radius 3 is 3.00 bits per heavy atom. The van der Waals surface area contributed by atoms with Gasteiger partial charge in [-0.1, -0.05) is 11.2 Å². The lowest BCUT2D eigenvalue weighted by molar-refractivity contribution is 0.0974. The maximum absolute atomic E-state index is 12.5. The Labute approximate surface area is 125 Å². The van der Waals surface area contributed by atoms with Gasteiger partial charge in [0.15, 0.2) is 11.6 Å². The molecule has 110 valence electrons. The van der Waals surface area contributed by atoms with Crippen LogP contribution in [0.1, 0.15) is 10.4 Å². The van der Waals surface area contributed by atoms with Crippen molar-refractivity contribution >= 4 is 17.6 Å². The molecular formula is C14H11N5O3. The van der Waals surface area contributed by atoms with Crippen LogP contribution >= 0.6 is 0 Å². The van der Waals surface area contributed by atoms with E-state index >= 15 is 0 Å². The van der Waals surface area contributed by atoms with E-state index in [0.29, 0.717) is 24.6 Å². The van der Waals surface area contributed by atoms with Crippen LogP contribution in [0.25, 0.3) is 16.0 Å². The van der Waals surface area contributed by atoms with Crippen LogP contribution in [0.3, 0.4) is 0 Å². The van der Waals surface area contributed by atoms with Crippen LogP contribution in [0.4, 0.5) is 5.69 Å². The van der Waals surface area contributed by atoms with Crippen molar-refractivity contribution in [3.8, 4) is 16.9 Å². The normalized spacial score (nSPS) is 13.1. The van der Waals surface area contributed by atoms with Crippen molar-refractivity contribution in [2.75, 3.05) is 13.1 Å². The average Bonchev–Trinajstić information content (AvgIpc) is 3.20. The molecule has 1 aliphatic rings. The van der Waals surface area contributed by atoms with E-state index in [-0.39, 0.29) is 22.6 Å². The third-order valence-electron chi connectivity index (χ3n) is 3.14. The van der Waals surface area contributed by atoms with Crippen LogP contribution in [0.2, 0.25) is 0 Å². The molecule has 22 heavy (non-hydrogen) atoms. The Morgan fingerprint density at radius 2 is 2.36 bits per heavy atom. The summed E-state index contributed by atoms with van der Waals surface area (Å²) in [6, 6.07) is 2.75. The minimum Gasteiger partial charge on any atom is -0.507 e. The fourth-order valence-electron chi connectivity index (χ4n) is 2.18. The molecule has 1 aromatic carbocycles. The van der Waals surface area contributed by atoms with Gasteiger partial charge >= 0.3 is 0 Å². The second kappa shape index (κ2) is 5.57. The molecule has 0 spiro atoms. The summed E-state index contributed by atoms with van der Waals surface area (Å²) < 4.78 is 4.77. The van der Waals surface area contributed by atoms with E-state index in [4.69, 9.17) is 11.1 Å². The van der Waals surface area contributed by atoms with Crippen LogP contribution in [-0.2, 0) is 0 Å². The number of amides is 1. The molecule has 3 rings (SSSR count). The van der Waals surface area contributed by atoms with Crippen LogP contribution in [0.5, 0.6) is 5.75 Å². The van der Waals surface area contributed by atoms with Crippen LogP contribution in [0.15, 0.2) is 34.1 Å². The minimum atomic E-state index is -0.563. The zero-order valence-electron chi connectivity index (χ0n) is 11.3. The Hall–Kier alpha value is -3.34. The van der Waals surface area contributed by atoms with E-state index in [1.165, 1.54) is 24.6 Å². The first-order valence-electron chi connectivity index (χ1n) is 6.43. The number of hydrogen-bond acceptors (Lipinski definition) is 6. The molecule has 1 aliphatic heterocycles. The quantitative estimate of drug-likeness (QED) is 0.724. The van der Waals surface area contributed by atoms with Crippen LogP contribution < -0.4 is 10.6 Å². The maximum atomic E-state index is 12.5. The zero-order chi connectivity index (χ0) is 15.5. The first-order chi connectivity index (χ1) is 10.7. The highest BCUT2D eigenvalue weighted by Crippen LogP contribution is 2.38. The number of carbonyl (C=O) groups excluding carboxylic acids is 1. The molecule has 0 saturated carbocycles. The molecule has 0 aliphatic carbocycles. The van der Waals surface area contributed by atoms with E-state index in [0.717, 1.165) is 0 Å². The number of rotatable bonds is 2. The van der Waals surface area contributed by atoms with Crippen molar-refractivity contribution in [1.82, 2.24) is 15.8 Å². The van der Waals surface area contributed by atoms with E-state index in [2.05, 4.69) is 25.6 Å². The van der Waals surface area contributed by atoms with Gasteiger partial charge in [0.25, 0.3) is 5.91 Å². The molecule has 8 heteroatoms. The van der Waals surface area contributed by atoms with Crippen molar-refractivity contribution < 1.29 is 14.4 Å². The Bertz CT molecular complexity index is 790. The number of phenols is 1. The van der Waals surface area contributed by atoms with E-state index in [9.17, 15) is 9.90 Å². The predicted molar refractivity (Wildman–Crippen MR) is 77.6 cm³/mol. The molecule has 1 amide bonds. The smallest absolute Gasteiger partial charge is 0.261 e. The second-order valence-electron chi connectivity index (χ2n) is 4.49. The number of nitrogens with one attached hydrogen (secondary N) is 2. The van der Waals surface area contributed by atoms with Gasteiger partial charge in [0.05, 0.1) is 24.9 Å². The molecule has 0 saturated heterocycles. The predicted octanol–water partition coefficient (Wildman–Crippen LogP) is 1.29. The lowest BCUT2D eigenvalue weighted by Gasteiger charge is -2.12. The number of nitrogens with zero attached hydrogens (tertiary/aromatic N) is 3. The van der Waals surface area contributed by atoms with Gasteiger partial charge in [-0.2, -0.15) is 0 Å². The molecular weight excluding hydrogens is 286 g/mol. The molecule has 1 aromatic heterocycles. The molecule has 0 unspecified atom stereocenters. The highest BCUT2D eigenvalue weighted by molar-refractivity contribution is 6.12. The third-order valence-corrected chi connectivity index (χ3v) is 3.14. The molecule has 8 nitrogen and oxygen atoms in total. The largest absolute Gasteiger partial charge is 0.507 e. The maximum Gasteiger partial charge on any atom is 0.261 e. The first kappa shape index (κ1) is 13.6.